The van der Waals surface area contributed by atoms with Crippen LogP contribution in [0.2, 0.25) is 0 Å². The van der Waals surface area contributed by atoms with Crippen LogP contribution in [0.1, 0.15) is 32.0 Å². The van der Waals surface area contributed by atoms with Crippen LogP contribution in [0, 0.1) is 0 Å². The number of rotatable bonds is 2. The van der Waals surface area contributed by atoms with E-state index in [2.05, 4.69) is 0 Å². The van der Waals surface area contributed by atoms with Gasteiger partial charge in [-0.2, -0.15) is 5.10 Å². The molecule has 0 unspecified atom stereocenters. The number of carbonyl (C=O) groups is 2. The highest BCUT2D eigenvalue weighted by Crippen LogP contribution is 2.23. The van der Waals surface area contributed by atoms with E-state index in [0.717, 1.165) is 29.1 Å². The molecule has 2 amide bonds. The van der Waals surface area contributed by atoms with Crippen molar-refractivity contribution >= 4 is 17.9 Å². The first-order valence-electron chi connectivity index (χ1n) is 9.90. The highest BCUT2D eigenvalue weighted by molar-refractivity contribution is 5.89. The average Bonchev–Trinajstić information content (AvgIpc) is 3.22. The number of benzene rings is 1. The average molecular weight is 398 g/mol. The molecule has 29 heavy (non-hydrogen) atoms. The maximum absolute atomic E-state index is 12.3. The number of anilines is 1. The lowest BCUT2D eigenvalue weighted by atomic mass is 10.2. The summed E-state index contributed by atoms with van der Waals surface area (Å²) in [7, 11) is 0. The van der Waals surface area contributed by atoms with Crippen LogP contribution in [0.5, 0.6) is 0 Å². The standard InChI is InChI=1S/C21H26N4O4/c1-21(2,3)29-19(26)23-10-8-15-14-25(22-18(15)9-11-23)17-6-4-16(5-7-17)24-12-13-28-20(24)27/h4-7,14H,8-13H2,1-3H3. The topological polar surface area (TPSA) is 76.9 Å². The molecule has 154 valence electrons. The van der Waals surface area contributed by atoms with E-state index in [-0.39, 0.29) is 12.2 Å². The van der Waals surface area contributed by atoms with E-state index < -0.39 is 5.60 Å². The Bertz CT molecular complexity index is 888. The van der Waals surface area contributed by atoms with Gasteiger partial charge in [0.1, 0.15) is 12.2 Å². The first kappa shape index (κ1) is 19.3. The third-order valence-electron chi connectivity index (χ3n) is 4.99. The Hall–Kier alpha value is -3.03. The lowest BCUT2D eigenvalue weighted by Gasteiger charge is -2.26. The van der Waals surface area contributed by atoms with Crippen molar-refractivity contribution in [2.24, 2.45) is 0 Å². The Labute approximate surface area is 170 Å². The second-order valence-electron chi connectivity index (χ2n) is 8.30. The van der Waals surface area contributed by atoms with Crippen LogP contribution in [0.25, 0.3) is 5.69 Å². The zero-order valence-corrected chi connectivity index (χ0v) is 17.1. The van der Waals surface area contributed by atoms with Crippen LogP contribution in [-0.4, -0.2) is 58.7 Å². The molecule has 3 heterocycles. The van der Waals surface area contributed by atoms with Crippen LogP contribution >= 0.6 is 0 Å². The Morgan fingerprint density at radius 3 is 2.41 bits per heavy atom. The molecule has 1 aromatic carbocycles. The molecule has 2 aromatic rings. The van der Waals surface area contributed by atoms with E-state index in [1.165, 1.54) is 0 Å². The van der Waals surface area contributed by atoms with E-state index >= 15 is 0 Å². The van der Waals surface area contributed by atoms with Crippen LogP contribution < -0.4 is 4.90 Å². The van der Waals surface area contributed by atoms with Gasteiger partial charge in [-0.1, -0.05) is 0 Å². The normalized spacial score (nSPS) is 17.0. The summed E-state index contributed by atoms with van der Waals surface area (Å²) in [6.45, 7) is 7.83. The molecule has 0 spiro atoms. The van der Waals surface area contributed by atoms with Crippen molar-refractivity contribution in [3.05, 3.63) is 41.7 Å². The zero-order valence-electron chi connectivity index (χ0n) is 17.1. The van der Waals surface area contributed by atoms with Crippen molar-refractivity contribution in [1.82, 2.24) is 14.7 Å². The molecule has 0 atom stereocenters. The maximum atomic E-state index is 12.3. The van der Waals surface area contributed by atoms with Gasteiger partial charge in [-0.05, 0) is 57.0 Å². The number of hydrogen-bond acceptors (Lipinski definition) is 5. The Morgan fingerprint density at radius 2 is 1.76 bits per heavy atom. The first-order chi connectivity index (χ1) is 13.8. The van der Waals surface area contributed by atoms with E-state index in [4.69, 9.17) is 14.6 Å². The fraction of sp³-hybridized carbons (Fsp3) is 0.476. The van der Waals surface area contributed by atoms with Crippen LogP contribution in [0.4, 0.5) is 15.3 Å². The van der Waals surface area contributed by atoms with Crippen LogP contribution in [0.3, 0.4) is 0 Å². The minimum absolute atomic E-state index is 0.272. The van der Waals surface area contributed by atoms with E-state index in [1.807, 2.05) is 55.9 Å². The van der Waals surface area contributed by atoms with Gasteiger partial charge in [0.2, 0.25) is 0 Å². The van der Waals surface area contributed by atoms with Crippen molar-refractivity contribution in [1.29, 1.82) is 0 Å². The van der Waals surface area contributed by atoms with Crippen molar-refractivity contribution in [3.63, 3.8) is 0 Å². The highest BCUT2D eigenvalue weighted by atomic mass is 16.6. The summed E-state index contributed by atoms with van der Waals surface area (Å²) in [5.41, 5.74) is 3.40. The predicted octanol–water partition coefficient (Wildman–Crippen LogP) is 3.16. The molecular weight excluding hydrogens is 372 g/mol. The van der Waals surface area contributed by atoms with Gasteiger partial charge >= 0.3 is 12.2 Å². The zero-order chi connectivity index (χ0) is 20.6. The second kappa shape index (κ2) is 7.42. The number of aromatic nitrogens is 2. The molecule has 1 aromatic heterocycles. The van der Waals surface area contributed by atoms with Gasteiger partial charge in [-0.15, -0.1) is 0 Å². The quantitative estimate of drug-likeness (QED) is 0.777. The van der Waals surface area contributed by atoms with E-state index in [1.54, 1.807) is 9.80 Å². The maximum Gasteiger partial charge on any atom is 0.414 e. The summed E-state index contributed by atoms with van der Waals surface area (Å²) >= 11 is 0. The van der Waals surface area contributed by atoms with Crippen molar-refractivity contribution in [3.8, 4) is 5.69 Å². The third-order valence-corrected chi connectivity index (χ3v) is 4.99. The molecule has 0 aliphatic carbocycles. The smallest absolute Gasteiger partial charge is 0.414 e. The summed E-state index contributed by atoms with van der Waals surface area (Å²) in [6.07, 6.45) is 2.88. The first-order valence-corrected chi connectivity index (χ1v) is 9.90. The molecule has 0 radical (unpaired) electrons. The number of ether oxygens (including phenoxy) is 2. The summed E-state index contributed by atoms with van der Waals surface area (Å²) in [5, 5.41) is 4.72. The fourth-order valence-corrected chi connectivity index (χ4v) is 3.53. The number of fused-ring (bicyclic) bond motifs is 1. The molecule has 2 aliphatic rings. The lowest BCUT2D eigenvalue weighted by Crippen LogP contribution is -2.38. The summed E-state index contributed by atoms with van der Waals surface area (Å²) in [6, 6.07) is 7.69. The van der Waals surface area contributed by atoms with Crippen LogP contribution in [-0.2, 0) is 22.3 Å². The summed E-state index contributed by atoms with van der Waals surface area (Å²) < 4.78 is 12.3. The lowest BCUT2D eigenvalue weighted by molar-refractivity contribution is 0.0258. The monoisotopic (exact) mass is 398 g/mol. The van der Waals surface area contributed by atoms with E-state index in [9.17, 15) is 9.59 Å². The van der Waals surface area contributed by atoms with Gasteiger partial charge < -0.3 is 14.4 Å². The van der Waals surface area contributed by atoms with Gasteiger partial charge in [0, 0.05) is 31.4 Å². The molecule has 0 saturated carbocycles. The minimum atomic E-state index is -0.495. The van der Waals surface area contributed by atoms with Gasteiger partial charge in [0.05, 0.1) is 17.9 Å². The SMILES string of the molecule is CC(C)(C)OC(=O)N1CCc2cn(-c3ccc(N4CCOC4=O)cc3)nc2CC1. The second-order valence-corrected chi connectivity index (χ2v) is 8.30. The molecule has 0 N–H and O–H groups in total. The van der Waals surface area contributed by atoms with Crippen LogP contribution in [0.15, 0.2) is 30.5 Å². The van der Waals surface area contributed by atoms with Crippen molar-refractivity contribution in [2.75, 3.05) is 31.1 Å². The molecule has 1 fully saturated rings. The Morgan fingerprint density at radius 1 is 1.07 bits per heavy atom. The molecule has 2 aliphatic heterocycles. The minimum Gasteiger partial charge on any atom is -0.447 e. The molecule has 4 rings (SSSR count). The number of cyclic esters (lactones) is 1. The summed E-state index contributed by atoms with van der Waals surface area (Å²) in [5.74, 6) is 0. The molecule has 8 nitrogen and oxygen atoms in total. The fourth-order valence-electron chi connectivity index (χ4n) is 3.53. The highest BCUT2D eigenvalue weighted by Gasteiger charge is 2.26. The molecule has 0 bridgehead atoms. The largest absolute Gasteiger partial charge is 0.447 e. The molecule has 8 heteroatoms. The number of amides is 2. The number of carbonyl (C=O) groups excluding carboxylic acids is 2. The third kappa shape index (κ3) is 4.21. The number of nitrogens with zero attached hydrogens (tertiary/aromatic N) is 4. The molecule has 1 saturated heterocycles. The van der Waals surface area contributed by atoms with E-state index in [0.29, 0.717) is 32.7 Å². The predicted molar refractivity (Wildman–Crippen MR) is 107 cm³/mol. The van der Waals surface area contributed by atoms with Crippen molar-refractivity contribution in [2.45, 2.75) is 39.2 Å². The van der Waals surface area contributed by atoms with Gasteiger partial charge in [0.15, 0.2) is 0 Å². The number of hydrogen-bond donors (Lipinski definition) is 0. The van der Waals surface area contributed by atoms with Gasteiger partial charge in [-0.3, -0.25) is 4.90 Å². The van der Waals surface area contributed by atoms with Gasteiger partial charge in [-0.25, -0.2) is 14.3 Å². The van der Waals surface area contributed by atoms with Gasteiger partial charge in [0.25, 0.3) is 0 Å². The summed E-state index contributed by atoms with van der Waals surface area (Å²) in [4.78, 5) is 27.4. The Balaban J connectivity index is 1.44. The molecular formula is C21H26N4O4. The van der Waals surface area contributed by atoms with Crippen molar-refractivity contribution < 1.29 is 19.1 Å². The Kier molecular flexibility index (Phi) is 4.94.